The highest BCUT2D eigenvalue weighted by molar-refractivity contribution is 7.90. The minimum Gasteiger partial charge on any atom is -0.390 e. The van der Waals surface area contributed by atoms with Gasteiger partial charge in [-0.05, 0) is 6.07 Å². The van der Waals surface area contributed by atoms with Crippen molar-refractivity contribution in [1.82, 2.24) is 9.78 Å². The summed E-state index contributed by atoms with van der Waals surface area (Å²) in [6.07, 6.45) is 0. The lowest BCUT2D eigenvalue weighted by molar-refractivity contribution is 0.275. The second kappa shape index (κ2) is 2.81. The van der Waals surface area contributed by atoms with Gasteiger partial charge in [-0.25, -0.2) is 8.42 Å². The maximum atomic E-state index is 11.2. The van der Waals surface area contributed by atoms with Crippen LogP contribution in [0.4, 0.5) is 0 Å². The highest BCUT2D eigenvalue weighted by atomic mass is 32.2. The third-order valence-electron chi connectivity index (χ3n) is 2.06. The molecule has 1 N–H and O–H groups in total. The second-order valence-corrected chi connectivity index (χ2v) is 5.28. The van der Waals surface area contributed by atoms with E-state index >= 15 is 0 Å². The van der Waals surface area contributed by atoms with Crippen LogP contribution in [0.5, 0.6) is 0 Å². The van der Waals surface area contributed by atoms with Gasteiger partial charge in [0.15, 0.2) is 9.84 Å². The van der Waals surface area contributed by atoms with E-state index in [-0.39, 0.29) is 18.1 Å². The van der Waals surface area contributed by atoms with Gasteiger partial charge in [0.25, 0.3) is 0 Å². The van der Waals surface area contributed by atoms with Gasteiger partial charge in [-0.1, -0.05) is 0 Å². The standard InChI is InChI=1S/C7H10N2O3S/c10-4-6-3-7-5-13(11,12)2-1-9(7)8-6/h3,10H,1-2,4-5H2. The van der Waals surface area contributed by atoms with Crippen molar-refractivity contribution in [2.24, 2.45) is 0 Å². The first-order valence-corrected chi connectivity index (χ1v) is 5.80. The fourth-order valence-electron chi connectivity index (χ4n) is 1.43. The molecule has 0 bridgehead atoms. The van der Waals surface area contributed by atoms with Crippen molar-refractivity contribution < 1.29 is 13.5 Å². The van der Waals surface area contributed by atoms with E-state index in [1.165, 1.54) is 0 Å². The van der Waals surface area contributed by atoms with Crippen molar-refractivity contribution >= 4 is 9.84 Å². The molecule has 1 aliphatic rings. The molecule has 0 aromatic carbocycles. The number of aryl methyl sites for hydroxylation is 1. The van der Waals surface area contributed by atoms with E-state index in [9.17, 15) is 8.42 Å². The Morgan fingerprint density at radius 1 is 1.62 bits per heavy atom. The summed E-state index contributed by atoms with van der Waals surface area (Å²) in [7, 11) is -2.93. The number of hydrogen-bond acceptors (Lipinski definition) is 4. The predicted molar refractivity (Wildman–Crippen MR) is 45.6 cm³/mol. The fourth-order valence-corrected chi connectivity index (χ4v) is 2.70. The van der Waals surface area contributed by atoms with E-state index < -0.39 is 9.84 Å². The summed E-state index contributed by atoms with van der Waals surface area (Å²) in [5.74, 6) is 0.187. The van der Waals surface area contributed by atoms with Crippen LogP contribution in [-0.4, -0.2) is 29.1 Å². The first-order chi connectivity index (χ1) is 6.11. The lowest BCUT2D eigenvalue weighted by Crippen LogP contribution is -2.24. The van der Waals surface area contributed by atoms with Crippen LogP contribution in [0, 0.1) is 0 Å². The van der Waals surface area contributed by atoms with Gasteiger partial charge in [0, 0.05) is 0 Å². The molecule has 1 aromatic heterocycles. The van der Waals surface area contributed by atoms with Crippen LogP contribution in [0.1, 0.15) is 11.4 Å². The van der Waals surface area contributed by atoms with E-state index in [1.54, 1.807) is 10.7 Å². The SMILES string of the molecule is O=S1(=O)CCn2nc(CO)cc2C1. The quantitative estimate of drug-likeness (QED) is 0.654. The summed E-state index contributed by atoms with van der Waals surface area (Å²) in [5, 5.41) is 12.8. The minimum atomic E-state index is -2.93. The third-order valence-corrected chi connectivity index (χ3v) is 3.60. The Balaban J connectivity index is 2.40. The largest absolute Gasteiger partial charge is 0.390 e. The number of sulfone groups is 1. The van der Waals surface area contributed by atoms with Crippen molar-refractivity contribution in [1.29, 1.82) is 0 Å². The lowest BCUT2D eigenvalue weighted by atomic mass is 10.4. The van der Waals surface area contributed by atoms with Crippen LogP contribution >= 0.6 is 0 Å². The zero-order chi connectivity index (χ0) is 9.47. The molecule has 0 saturated heterocycles. The molecule has 0 amide bonds. The number of aliphatic hydroxyl groups is 1. The van der Waals surface area contributed by atoms with E-state index in [2.05, 4.69) is 5.10 Å². The van der Waals surface area contributed by atoms with Gasteiger partial charge < -0.3 is 5.11 Å². The Bertz CT molecular complexity index is 421. The number of hydrogen-bond donors (Lipinski definition) is 1. The van der Waals surface area contributed by atoms with E-state index in [0.717, 1.165) is 0 Å². The third kappa shape index (κ3) is 1.59. The van der Waals surface area contributed by atoms with E-state index in [4.69, 9.17) is 5.11 Å². The van der Waals surface area contributed by atoms with Crippen molar-refractivity contribution in [3.8, 4) is 0 Å². The number of rotatable bonds is 1. The van der Waals surface area contributed by atoms with Crippen molar-refractivity contribution in [2.75, 3.05) is 5.75 Å². The first-order valence-electron chi connectivity index (χ1n) is 3.97. The molecule has 6 heteroatoms. The van der Waals surface area contributed by atoms with Crippen molar-refractivity contribution in [3.05, 3.63) is 17.5 Å². The van der Waals surface area contributed by atoms with Gasteiger partial charge >= 0.3 is 0 Å². The molecule has 13 heavy (non-hydrogen) atoms. The number of nitrogens with zero attached hydrogens (tertiary/aromatic N) is 2. The van der Waals surface area contributed by atoms with Gasteiger partial charge in [-0.15, -0.1) is 0 Å². The zero-order valence-corrected chi connectivity index (χ0v) is 7.79. The number of aliphatic hydroxyl groups excluding tert-OH is 1. The topological polar surface area (TPSA) is 72.2 Å². The maximum absolute atomic E-state index is 11.2. The molecular formula is C7H10N2O3S. The summed E-state index contributed by atoms with van der Waals surface area (Å²) in [4.78, 5) is 0. The molecule has 0 atom stereocenters. The van der Waals surface area contributed by atoms with Gasteiger partial charge in [0.05, 0.1) is 36.0 Å². The van der Waals surface area contributed by atoms with E-state index in [0.29, 0.717) is 17.9 Å². The second-order valence-electron chi connectivity index (χ2n) is 3.10. The molecule has 0 spiro atoms. The van der Waals surface area contributed by atoms with Crippen LogP contribution in [0.25, 0.3) is 0 Å². The summed E-state index contributed by atoms with van der Waals surface area (Å²) in [6.45, 7) is 0.262. The highest BCUT2D eigenvalue weighted by Crippen LogP contribution is 2.15. The van der Waals surface area contributed by atoms with E-state index in [1.807, 2.05) is 0 Å². The lowest BCUT2D eigenvalue weighted by Gasteiger charge is -2.13. The Hall–Kier alpha value is -0.880. The molecule has 2 rings (SSSR count). The molecule has 0 aliphatic carbocycles. The van der Waals surface area contributed by atoms with Gasteiger partial charge in [0.1, 0.15) is 0 Å². The minimum absolute atomic E-state index is 0.0417. The Labute approximate surface area is 75.9 Å². The molecular weight excluding hydrogens is 192 g/mol. The smallest absolute Gasteiger partial charge is 0.157 e. The summed E-state index contributed by atoms with van der Waals surface area (Å²) < 4.78 is 24.1. The van der Waals surface area contributed by atoms with Gasteiger partial charge in [-0.3, -0.25) is 4.68 Å². The molecule has 5 nitrogen and oxygen atoms in total. The average molecular weight is 202 g/mol. The van der Waals surface area contributed by atoms with Crippen molar-refractivity contribution in [3.63, 3.8) is 0 Å². The Morgan fingerprint density at radius 3 is 3.08 bits per heavy atom. The molecule has 1 aromatic rings. The van der Waals surface area contributed by atoms with Crippen LogP contribution in [0.15, 0.2) is 6.07 Å². The predicted octanol–water partition coefficient (Wildman–Crippen LogP) is -0.696. The first kappa shape index (κ1) is 8.71. The molecule has 0 radical (unpaired) electrons. The molecule has 72 valence electrons. The van der Waals surface area contributed by atoms with Crippen LogP contribution < -0.4 is 0 Å². The number of fused-ring (bicyclic) bond motifs is 1. The number of aromatic nitrogens is 2. The summed E-state index contributed by atoms with van der Waals surface area (Å²) in [6, 6.07) is 1.64. The van der Waals surface area contributed by atoms with Gasteiger partial charge in [0.2, 0.25) is 0 Å². The molecule has 1 aliphatic heterocycles. The van der Waals surface area contributed by atoms with Gasteiger partial charge in [-0.2, -0.15) is 5.10 Å². The molecule has 2 heterocycles. The fraction of sp³-hybridized carbons (Fsp3) is 0.571. The Kier molecular flexibility index (Phi) is 1.88. The monoisotopic (exact) mass is 202 g/mol. The summed E-state index contributed by atoms with van der Waals surface area (Å²) in [5.41, 5.74) is 1.21. The average Bonchev–Trinajstić information content (AvgIpc) is 2.44. The van der Waals surface area contributed by atoms with Crippen LogP contribution in [0.3, 0.4) is 0 Å². The van der Waals surface area contributed by atoms with Crippen LogP contribution in [0.2, 0.25) is 0 Å². The maximum Gasteiger partial charge on any atom is 0.157 e. The normalized spacial score (nSPS) is 19.8. The molecule has 0 fully saturated rings. The van der Waals surface area contributed by atoms with Crippen molar-refractivity contribution in [2.45, 2.75) is 18.9 Å². The Morgan fingerprint density at radius 2 is 2.38 bits per heavy atom. The zero-order valence-electron chi connectivity index (χ0n) is 6.97. The molecule has 0 saturated carbocycles. The highest BCUT2D eigenvalue weighted by Gasteiger charge is 2.22. The van der Waals surface area contributed by atoms with Crippen LogP contribution in [-0.2, 0) is 28.7 Å². The summed E-state index contributed by atoms with van der Waals surface area (Å²) >= 11 is 0. The molecule has 0 unspecified atom stereocenters.